The van der Waals surface area contributed by atoms with Crippen molar-refractivity contribution in [2.24, 2.45) is 0 Å². The first-order valence-corrected chi connectivity index (χ1v) is 4.44. The standard InChI is InChI=1S/C8H13ClO3/c1-3-5-7(10)12-8(11)6(9)4-2/h6H,3-5H2,1-2H3. The Balaban J connectivity index is 3.76. The van der Waals surface area contributed by atoms with Crippen LogP contribution in [0.15, 0.2) is 0 Å². The van der Waals surface area contributed by atoms with Gasteiger partial charge in [0.15, 0.2) is 0 Å². The molecule has 1 unspecified atom stereocenters. The first-order chi connectivity index (χ1) is 5.61. The number of hydrogen-bond acceptors (Lipinski definition) is 3. The summed E-state index contributed by atoms with van der Waals surface area (Å²) >= 11 is 5.53. The number of hydrogen-bond donors (Lipinski definition) is 0. The van der Waals surface area contributed by atoms with Crippen LogP contribution in [0.2, 0.25) is 0 Å². The Morgan fingerprint density at radius 2 is 2.00 bits per heavy atom. The molecule has 0 aliphatic rings. The number of carbonyl (C=O) groups is 2. The molecule has 0 bridgehead atoms. The van der Waals surface area contributed by atoms with E-state index >= 15 is 0 Å². The molecule has 0 rings (SSSR count). The molecular weight excluding hydrogens is 180 g/mol. The molecule has 12 heavy (non-hydrogen) atoms. The maximum absolute atomic E-state index is 10.9. The van der Waals surface area contributed by atoms with Gasteiger partial charge in [-0.1, -0.05) is 13.8 Å². The van der Waals surface area contributed by atoms with Crippen LogP contribution in [0, 0.1) is 0 Å². The summed E-state index contributed by atoms with van der Waals surface area (Å²) in [4.78, 5) is 21.7. The van der Waals surface area contributed by atoms with Gasteiger partial charge in [0.05, 0.1) is 0 Å². The molecule has 0 aliphatic carbocycles. The number of ether oxygens (including phenoxy) is 1. The molecule has 0 N–H and O–H groups in total. The number of esters is 2. The Morgan fingerprint density at radius 3 is 2.42 bits per heavy atom. The van der Waals surface area contributed by atoms with Gasteiger partial charge in [-0.2, -0.15) is 0 Å². The van der Waals surface area contributed by atoms with Crippen LogP contribution < -0.4 is 0 Å². The maximum atomic E-state index is 10.9. The summed E-state index contributed by atoms with van der Waals surface area (Å²) in [6.45, 7) is 3.59. The fourth-order valence-corrected chi connectivity index (χ4v) is 0.642. The van der Waals surface area contributed by atoms with Crippen molar-refractivity contribution in [1.29, 1.82) is 0 Å². The number of halogens is 1. The van der Waals surface area contributed by atoms with Gasteiger partial charge in [0.1, 0.15) is 5.38 Å². The third-order valence-electron chi connectivity index (χ3n) is 1.28. The molecule has 1 atom stereocenters. The minimum absolute atomic E-state index is 0.263. The lowest BCUT2D eigenvalue weighted by molar-refractivity contribution is -0.159. The van der Waals surface area contributed by atoms with E-state index in [-0.39, 0.29) is 6.42 Å². The zero-order chi connectivity index (χ0) is 9.56. The van der Waals surface area contributed by atoms with Crippen LogP contribution in [-0.4, -0.2) is 17.3 Å². The summed E-state index contributed by atoms with van der Waals surface area (Å²) in [6, 6.07) is 0. The highest BCUT2D eigenvalue weighted by Gasteiger charge is 2.17. The molecule has 0 aromatic rings. The van der Waals surface area contributed by atoms with Crippen LogP contribution in [-0.2, 0) is 14.3 Å². The molecule has 0 aliphatic heterocycles. The first-order valence-electron chi connectivity index (χ1n) is 4.00. The fraction of sp³-hybridized carbons (Fsp3) is 0.750. The van der Waals surface area contributed by atoms with Crippen molar-refractivity contribution in [2.45, 2.75) is 38.5 Å². The highest BCUT2D eigenvalue weighted by molar-refractivity contribution is 6.30. The lowest BCUT2D eigenvalue weighted by atomic mass is 10.3. The third kappa shape index (κ3) is 4.34. The molecule has 3 nitrogen and oxygen atoms in total. The molecule has 0 saturated heterocycles. The minimum atomic E-state index is -0.703. The van der Waals surface area contributed by atoms with E-state index in [2.05, 4.69) is 4.74 Å². The Hall–Kier alpha value is -0.570. The fourth-order valence-electron chi connectivity index (χ4n) is 0.598. The molecule has 4 heteroatoms. The van der Waals surface area contributed by atoms with Crippen molar-refractivity contribution in [3.8, 4) is 0 Å². The Morgan fingerprint density at radius 1 is 1.42 bits per heavy atom. The largest absolute Gasteiger partial charge is 0.392 e. The van der Waals surface area contributed by atoms with Crippen molar-refractivity contribution in [3.63, 3.8) is 0 Å². The van der Waals surface area contributed by atoms with Gasteiger partial charge in [0.2, 0.25) is 0 Å². The van der Waals surface area contributed by atoms with Crippen molar-refractivity contribution in [2.75, 3.05) is 0 Å². The Bertz CT molecular complexity index is 168. The van der Waals surface area contributed by atoms with Crippen LogP contribution in [0.1, 0.15) is 33.1 Å². The molecular formula is C8H13ClO3. The van der Waals surface area contributed by atoms with E-state index in [1.807, 2.05) is 6.92 Å². The van der Waals surface area contributed by atoms with E-state index in [0.717, 1.165) is 0 Å². The van der Waals surface area contributed by atoms with E-state index in [4.69, 9.17) is 11.6 Å². The summed E-state index contributed by atoms with van der Waals surface area (Å²) in [5.41, 5.74) is 0. The molecule has 0 fully saturated rings. The summed E-state index contributed by atoms with van der Waals surface area (Å²) in [6.07, 6.45) is 1.41. The number of rotatable bonds is 4. The van der Waals surface area contributed by atoms with E-state index in [9.17, 15) is 9.59 Å². The van der Waals surface area contributed by atoms with Gasteiger partial charge in [-0.25, -0.2) is 4.79 Å². The lowest BCUT2D eigenvalue weighted by Gasteiger charge is -2.04. The summed E-state index contributed by atoms with van der Waals surface area (Å²) in [5, 5.41) is -0.703. The Kier molecular flexibility index (Phi) is 5.72. The normalized spacial score (nSPS) is 12.2. The summed E-state index contributed by atoms with van der Waals surface area (Å²) in [7, 11) is 0. The second-order valence-corrected chi connectivity index (χ2v) is 2.95. The molecule has 0 aromatic heterocycles. The topological polar surface area (TPSA) is 43.4 Å². The molecule has 0 heterocycles. The highest BCUT2D eigenvalue weighted by atomic mass is 35.5. The van der Waals surface area contributed by atoms with Gasteiger partial charge in [0, 0.05) is 6.42 Å². The maximum Gasteiger partial charge on any atom is 0.331 e. The van der Waals surface area contributed by atoms with Gasteiger partial charge in [0.25, 0.3) is 0 Å². The second kappa shape index (κ2) is 6.00. The quantitative estimate of drug-likeness (QED) is 0.388. The van der Waals surface area contributed by atoms with Crippen molar-refractivity contribution < 1.29 is 14.3 Å². The zero-order valence-corrected chi connectivity index (χ0v) is 8.06. The van der Waals surface area contributed by atoms with Gasteiger partial charge in [-0.05, 0) is 12.8 Å². The highest BCUT2D eigenvalue weighted by Crippen LogP contribution is 2.04. The van der Waals surface area contributed by atoms with Crippen LogP contribution >= 0.6 is 11.6 Å². The van der Waals surface area contributed by atoms with E-state index in [0.29, 0.717) is 12.8 Å². The van der Waals surface area contributed by atoms with E-state index in [1.165, 1.54) is 0 Å². The second-order valence-electron chi connectivity index (χ2n) is 2.42. The van der Waals surface area contributed by atoms with Crippen LogP contribution in [0.4, 0.5) is 0 Å². The van der Waals surface area contributed by atoms with Gasteiger partial charge >= 0.3 is 11.9 Å². The minimum Gasteiger partial charge on any atom is -0.392 e. The zero-order valence-electron chi connectivity index (χ0n) is 7.30. The SMILES string of the molecule is CCCC(=O)OC(=O)C(Cl)CC. The molecule has 0 aromatic carbocycles. The third-order valence-corrected chi connectivity index (χ3v) is 1.77. The van der Waals surface area contributed by atoms with Crippen molar-refractivity contribution in [1.82, 2.24) is 0 Å². The van der Waals surface area contributed by atoms with Crippen LogP contribution in [0.5, 0.6) is 0 Å². The summed E-state index contributed by atoms with van der Waals surface area (Å²) < 4.78 is 4.43. The molecule has 0 spiro atoms. The molecule has 70 valence electrons. The first kappa shape index (κ1) is 11.4. The lowest BCUT2D eigenvalue weighted by Crippen LogP contribution is -2.20. The molecule has 0 amide bonds. The summed E-state index contributed by atoms with van der Waals surface area (Å²) in [5.74, 6) is -1.14. The number of alkyl halides is 1. The molecule has 0 radical (unpaired) electrons. The van der Waals surface area contributed by atoms with E-state index < -0.39 is 17.3 Å². The predicted octanol–water partition coefficient (Wildman–Crippen LogP) is 1.87. The van der Waals surface area contributed by atoms with Gasteiger partial charge < -0.3 is 4.74 Å². The van der Waals surface area contributed by atoms with Crippen molar-refractivity contribution in [3.05, 3.63) is 0 Å². The average molecular weight is 193 g/mol. The van der Waals surface area contributed by atoms with Crippen LogP contribution in [0.25, 0.3) is 0 Å². The predicted molar refractivity (Wildman–Crippen MR) is 45.9 cm³/mol. The average Bonchev–Trinajstić information content (AvgIpc) is 2.03. The van der Waals surface area contributed by atoms with E-state index in [1.54, 1.807) is 6.92 Å². The molecule has 0 saturated carbocycles. The van der Waals surface area contributed by atoms with Crippen molar-refractivity contribution >= 4 is 23.5 Å². The smallest absolute Gasteiger partial charge is 0.331 e. The monoisotopic (exact) mass is 192 g/mol. The number of carbonyl (C=O) groups excluding carboxylic acids is 2. The van der Waals surface area contributed by atoms with Crippen LogP contribution in [0.3, 0.4) is 0 Å². The van der Waals surface area contributed by atoms with Gasteiger partial charge in [-0.15, -0.1) is 11.6 Å². The Labute approximate surface area is 77.0 Å². The van der Waals surface area contributed by atoms with Gasteiger partial charge in [-0.3, -0.25) is 4.79 Å².